The number of aryl methyl sites for hydroxylation is 2. The first-order chi connectivity index (χ1) is 8.31. The van der Waals surface area contributed by atoms with Crippen molar-refractivity contribution in [3.8, 4) is 0 Å². The van der Waals surface area contributed by atoms with Crippen molar-refractivity contribution in [1.29, 1.82) is 0 Å². The predicted molar refractivity (Wildman–Crippen MR) is 70.5 cm³/mol. The van der Waals surface area contributed by atoms with Gasteiger partial charge in [-0.3, -0.25) is 16.0 Å². The summed E-state index contributed by atoms with van der Waals surface area (Å²) in [6.45, 7) is 0. The first-order valence-electron chi connectivity index (χ1n) is 5.77. The van der Waals surface area contributed by atoms with E-state index in [2.05, 4.69) is 28.0 Å². The molecule has 0 saturated carbocycles. The van der Waals surface area contributed by atoms with Crippen molar-refractivity contribution in [2.75, 3.05) is 0 Å². The van der Waals surface area contributed by atoms with Crippen molar-refractivity contribution in [1.82, 2.24) is 15.2 Å². The van der Waals surface area contributed by atoms with Gasteiger partial charge in [-0.25, -0.2) is 0 Å². The van der Waals surface area contributed by atoms with Gasteiger partial charge >= 0.3 is 0 Å². The van der Waals surface area contributed by atoms with Gasteiger partial charge in [-0.05, 0) is 36.8 Å². The third kappa shape index (κ3) is 3.15. The van der Waals surface area contributed by atoms with Crippen molar-refractivity contribution in [2.24, 2.45) is 12.9 Å². The lowest BCUT2D eigenvalue weighted by Gasteiger charge is -2.15. The molecular weight excluding hydrogens is 232 g/mol. The molecule has 0 aliphatic carbocycles. The van der Waals surface area contributed by atoms with Crippen molar-refractivity contribution in [3.05, 3.63) is 40.3 Å². The molecule has 0 aliphatic heterocycles. The highest BCUT2D eigenvalue weighted by Gasteiger charge is 2.12. The first-order valence-corrected chi connectivity index (χ1v) is 6.65. The Morgan fingerprint density at radius 3 is 3.00 bits per heavy atom. The van der Waals surface area contributed by atoms with Crippen LogP contribution < -0.4 is 11.3 Å². The van der Waals surface area contributed by atoms with E-state index in [0.717, 1.165) is 25.0 Å². The fourth-order valence-corrected chi connectivity index (χ4v) is 2.73. The average molecular weight is 250 g/mol. The van der Waals surface area contributed by atoms with Crippen LogP contribution in [-0.4, -0.2) is 9.78 Å². The lowest BCUT2D eigenvalue weighted by molar-refractivity contribution is 0.467. The summed E-state index contributed by atoms with van der Waals surface area (Å²) in [5.41, 5.74) is 4.01. The molecular formula is C12H18N4S. The molecule has 2 aromatic rings. The van der Waals surface area contributed by atoms with Crippen LogP contribution in [0.1, 0.15) is 29.5 Å². The normalized spacial score (nSPS) is 12.8. The molecule has 1 unspecified atom stereocenters. The standard InChI is InChI=1S/C12H18N4S/c1-16-12(7-8-14-16)11(15-13)6-2-4-10-5-3-9-17-10/h3,5,7-9,11,15H,2,4,6,13H2,1H3. The van der Waals surface area contributed by atoms with Crippen LogP contribution >= 0.6 is 11.3 Å². The van der Waals surface area contributed by atoms with Crippen LogP contribution in [0.25, 0.3) is 0 Å². The number of hydrazine groups is 1. The zero-order chi connectivity index (χ0) is 12.1. The zero-order valence-electron chi connectivity index (χ0n) is 9.97. The Hall–Kier alpha value is -1.17. The second-order valence-electron chi connectivity index (χ2n) is 4.07. The third-order valence-electron chi connectivity index (χ3n) is 2.91. The van der Waals surface area contributed by atoms with E-state index in [4.69, 9.17) is 5.84 Å². The van der Waals surface area contributed by atoms with E-state index < -0.39 is 0 Å². The molecule has 2 heterocycles. The topological polar surface area (TPSA) is 55.9 Å². The molecule has 0 aliphatic rings. The maximum Gasteiger partial charge on any atom is 0.0629 e. The van der Waals surface area contributed by atoms with Gasteiger partial charge in [0.1, 0.15) is 0 Å². The molecule has 0 fully saturated rings. The molecule has 17 heavy (non-hydrogen) atoms. The number of aromatic nitrogens is 2. The number of nitrogens with one attached hydrogen (secondary N) is 1. The molecule has 92 valence electrons. The zero-order valence-corrected chi connectivity index (χ0v) is 10.8. The Balaban J connectivity index is 1.86. The molecule has 3 N–H and O–H groups in total. The predicted octanol–water partition coefficient (Wildman–Crippen LogP) is 2.01. The molecule has 2 rings (SSSR count). The lowest BCUT2D eigenvalue weighted by atomic mass is 10.1. The van der Waals surface area contributed by atoms with E-state index in [1.807, 2.05) is 29.1 Å². The van der Waals surface area contributed by atoms with E-state index >= 15 is 0 Å². The molecule has 0 amide bonds. The minimum atomic E-state index is 0.183. The van der Waals surface area contributed by atoms with E-state index in [1.165, 1.54) is 4.88 Å². The maximum atomic E-state index is 5.60. The molecule has 5 heteroatoms. The van der Waals surface area contributed by atoms with Gasteiger partial charge in [0.05, 0.1) is 11.7 Å². The SMILES string of the molecule is Cn1nccc1C(CCCc1cccs1)NN. The second kappa shape index (κ2) is 5.95. The van der Waals surface area contributed by atoms with Crippen LogP contribution in [0.4, 0.5) is 0 Å². The van der Waals surface area contributed by atoms with Crippen molar-refractivity contribution in [2.45, 2.75) is 25.3 Å². The summed E-state index contributed by atoms with van der Waals surface area (Å²) in [4.78, 5) is 1.44. The molecule has 2 aromatic heterocycles. The number of thiophene rings is 1. The highest BCUT2D eigenvalue weighted by atomic mass is 32.1. The van der Waals surface area contributed by atoms with E-state index in [1.54, 1.807) is 6.20 Å². The van der Waals surface area contributed by atoms with Gasteiger partial charge in [-0.15, -0.1) is 11.3 Å². The largest absolute Gasteiger partial charge is 0.271 e. The number of hydrogen-bond acceptors (Lipinski definition) is 4. The molecule has 0 bridgehead atoms. The third-order valence-corrected chi connectivity index (χ3v) is 3.85. The highest BCUT2D eigenvalue weighted by Crippen LogP contribution is 2.19. The van der Waals surface area contributed by atoms with Gasteiger partial charge in [-0.1, -0.05) is 6.07 Å². The minimum absolute atomic E-state index is 0.183. The Kier molecular flexibility index (Phi) is 4.30. The van der Waals surface area contributed by atoms with E-state index in [9.17, 15) is 0 Å². The quantitative estimate of drug-likeness (QED) is 0.609. The van der Waals surface area contributed by atoms with Gasteiger partial charge < -0.3 is 0 Å². The average Bonchev–Trinajstić information content (AvgIpc) is 2.96. The fraction of sp³-hybridized carbons (Fsp3) is 0.417. The summed E-state index contributed by atoms with van der Waals surface area (Å²) in [5, 5.41) is 6.29. The van der Waals surface area contributed by atoms with Crippen LogP contribution in [0, 0.1) is 0 Å². The molecule has 0 spiro atoms. The molecule has 0 radical (unpaired) electrons. The highest BCUT2D eigenvalue weighted by molar-refractivity contribution is 7.09. The second-order valence-corrected chi connectivity index (χ2v) is 5.10. The first kappa shape index (κ1) is 12.3. The summed E-state index contributed by atoms with van der Waals surface area (Å²) in [5.74, 6) is 5.60. The summed E-state index contributed by atoms with van der Waals surface area (Å²) >= 11 is 1.81. The molecule has 4 nitrogen and oxygen atoms in total. The Bertz CT molecular complexity index is 435. The summed E-state index contributed by atoms with van der Waals surface area (Å²) in [7, 11) is 1.94. The van der Waals surface area contributed by atoms with Crippen LogP contribution in [0.2, 0.25) is 0 Å². The fourth-order valence-electron chi connectivity index (χ4n) is 1.98. The molecule has 1 atom stereocenters. The Labute approximate surface area is 105 Å². The number of hydrogen-bond donors (Lipinski definition) is 2. The Morgan fingerprint density at radius 2 is 2.41 bits per heavy atom. The van der Waals surface area contributed by atoms with Crippen LogP contribution in [0.5, 0.6) is 0 Å². The number of nitrogens with two attached hydrogens (primary N) is 1. The Morgan fingerprint density at radius 1 is 1.53 bits per heavy atom. The number of nitrogens with zero attached hydrogens (tertiary/aromatic N) is 2. The smallest absolute Gasteiger partial charge is 0.0629 e. The van der Waals surface area contributed by atoms with Gasteiger partial charge in [0, 0.05) is 18.1 Å². The van der Waals surface area contributed by atoms with Crippen LogP contribution in [-0.2, 0) is 13.5 Å². The van der Waals surface area contributed by atoms with Gasteiger partial charge in [0.25, 0.3) is 0 Å². The van der Waals surface area contributed by atoms with Crippen molar-refractivity contribution in [3.63, 3.8) is 0 Å². The maximum absolute atomic E-state index is 5.60. The summed E-state index contributed by atoms with van der Waals surface area (Å²) in [6.07, 6.45) is 5.07. The van der Waals surface area contributed by atoms with Gasteiger partial charge in [0.15, 0.2) is 0 Å². The van der Waals surface area contributed by atoms with Crippen molar-refractivity contribution >= 4 is 11.3 Å². The summed E-state index contributed by atoms with van der Waals surface area (Å²) < 4.78 is 1.87. The molecule has 0 aromatic carbocycles. The van der Waals surface area contributed by atoms with Gasteiger partial charge in [0.2, 0.25) is 0 Å². The molecule has 0 saturated heterocycles. The minimum Gasteiger partial charge on any atom is -0.271 e. The number of rotatable bonds is 6. The summed E-state index contributed by atoms with van der Waals surface area (Å²) in [6, 6.07) is 6.47. The van der Waals surface area contributed by atoms with E-state index in [-0.39, 0.29) is 6.04 Å². The van der Waals surface area contributed by atoms with Crippen LogP contribution in [0.15, 0.2) is 29.8 Å². The monoisotopic (exact) mass is 250 g/mol. The van der Waals surface area contributed by atoms with Gasteiger partial charge in [-0.2, -0.15) is 5.10 Å². The lowest BCUT2D eigenvalue weighted by Crippen LogP contribution is -2.29. The van der Waals surface area contributed by atoms with Crippen LogP contribution in [0.3, 0.4) is 0 Å². The van der Waals surface area contributed by atoms with Crippen molar-refractivity contribution < 1.29 is 0 Å². The van der Waals surface area contributed by atoms with E-state index in [0.29, 0.717) is 0 Å².